The summed E-state index contributed by atoms with van der Waals surface area (Å²) in [5.74, 6) is -1.33. The third-order valence-corrected chi connectivity index (χ3v) is 9.54. The van der Waals surface area contributed by atoms with Crippen LogP contribution in [-0.2, 0) is 32.3 Å². The van der Waals surface area contributed by atoms with Crippen LogP contribution in [0.2, 0.25) is 15.1 Å². The lowest BCUT2D eigenvalue weighted by Crippen LogP contribution is -2.52. The minimum absolute atomic E-state index is 0.154. The van der Waals surface area contributed by atoms with Crippen molar-refractivity contribution in [1.82, 2.24) is 10.2 Å². The summed E-state index contributed by atoms with van der Waals surface area (Å²) in [5.41, 5.74) is -1.22. The van der Waals surface area contributed by atoms with E-state index in [-0.39, 0.29) is 32.9 Å². The standard InChI is InChI=1S/C30H31Cl3F3N3O4S/c1-3-5-15-37-29(41)26(4-2)38(18-20-11-13-23(31)25(33)16-20)28(40)19-39(44(42,43)22-9-7-6-8-10-22)27-17-21(30(34,35)36)12-14-24(27)32/h6-14,16-17,26H,3-5,15,18-19H2,1-2H3,(H,37,41). The monoisotopic (exact) mass is 691 g/mol. The molecule has 1 atom stereocenters. The third kappa shape index (κ3) is 8.80. The smallest absolute Gasteiger partial charge is 0.354 e. The molecule has 3 aromatic rings. The predicted octanol–water partition coefficient (Wildman–Crippen LogP) is 7.58. The number of hydrogen-bond acceptors (Lipinski definition) is 4. The van der Waals surface area contributed by atoms with Crippen molar-refractivity contribution in [3.05, 3.63) is 92.9 Å². The zero-order chi connectivity index (χ0) is 32.7. The van der Waals surface area contributed by atoms with Gasteiger partial charge >= 0.3 is 6.18 Å². The second kappa shape index (κ2) is 15.3. The molecule has 0 fully saturated rings. The van der Waals surface area contributed by atoms with E-state index in [1.54, 1.807) is 19.1 Å². The van der Waals surface area contributed by atoms with E-state index in [4.69, 9.17) is 34.8 Å². The third-order valence-electron chi connectivity index (χ3n) is 6.70. The van der Waals surface area contributed by atoms with Crippen LogP contribution in [0.5, 0.6) is 0 Å². The summed E-state index contributed by atoms with van der Waals surface area (Å²) in [6.07, 6.45) is -3.16. The van der Waals surface area contributed by atoms with Crippen LogP contribution in [0.4, 0.5) is 18.9 Å². The Morgan fingerprint density at radius 2 is 1.57 bits per heavy atom. The molecule has 0 bridgehead atoms. The maximum Gasteiger partial charge on any atom is 0.416 e. The Morgan fingerprint density at radius 1 is 0.909 bits per heavy atom. The van der Waals surface area contributed by atoms with E-state index in [0.717, 1.165) is 12.5 Å². The normalized spacial score (nSPS) is 12.5. The van der Waals surface area contributed by atoms with Gasteiger partial charge in [0.1, 0.15) is 12.6 Å². The van der Waals surface area contributed by atoms with Crippen molar-refractivity contribution in [2.75, 3.05) is 17.4 Å². The molecule has 44 heavy (non-hydrogen) atoms. The van der Waals surface area contributed by atoms with Crippen LogP contribution < -0.4 is 9.62 Å². The number of unbranched alkanes of at least 4 members (excludes halogenated alkanes) is 1. The maximum absolute atomic E-state index is 14.1. The van der Waals surface area contributed by atoms with Crippen molar-refractivity contribution in [3.63, 3.8) is 0 Å². The van der Waals surface area contributed by atoms with Crippen molar-refractivity contribution in [2.45, 2.75) is 56.8 Å². The number of alkyl halides is 3. The van der Waals surface area contributed by atoms with E-state index in [9.17, 15) is 31.2 Å². The van der Waals surface area contributed by atoms with Crippen molar-refractivity contribution >= 4 is 62.3 Å². The SMILES string of the molecule is CCCCNC(=O)C(CC)N(Cc1ccc(Cl)c(Cl)c1)C(=O)CN(c1cc(C(F)(F)F)ccc1Cl)S(=O)(=O)c1ccccc1. The van der Waals surface area contributed by atoms with Crippen LogP contribution in [0.15, 0.2) is 71.6 Å². The Balaban J connectivity index is 2.14. The summed E-state index contributed by atoms with van der Waals surface area (Å²) in [6.45, 7) is 2.85. The van der Waals surface area contributed by atoms with Crippen molar-refractivity contribution < 1.29 is 31.2 Å². The highest BCUT2D eigenvalue weighted by Crippen LogP contribution is 2.37. The molecule has 0 spiro atoms. The molecule has 14 heteroatoms. The summed E-state index contributed by atoms with van der Waals surface area (Å²) in [4.78, 5) is 28.3. The fraction of sp³-hybridized carbons (Fsp3) is 0.333. The minimum Gasteiger partial charge on any atom is -0.354 e. The second-order valence-corrected chi connectivity index (χ2v) is 12.9. The first-order valence-corrected chi connectivity index (χ1v) is 16.2. The number of halogens is 6. The molecule has 0 saturated carbocycles. The molecule has 0 aliphatic carbocycles. The summed E-state index contributed by atoms with van der Waals surface area (Å²) >= 11 is 18.5. The quantitative estimate of drug-likeness (QED) is 0.187. The lowest BCUT2D eigenvalue weighted by molar-refractivity contribution is -0.140. The van der Waals surface area contributed by atoms with E-state index >= 15 is 0 Å². The molecule has 0 saturated heterocycles. The van der Waals surface area contributed by atoms with Gasteiger partial charge in [-0.15, -0.1) is 0 Å². The number of amides is 2. The van der Waals surface area contributed by atoms with Gasteiger partial charge in [-0.1, -0.05) is 79.3 Å². The Kier molecular flexibility index (Phi) is 12.4. The van der Waals surface area contributed by atoms with E-state index in [1.807, 2.05) is 6.92 Å². The highest BCUT2D eigenvalue weighted by atomic mass is 35.5. The van der Waals surface area contributed by atoms with Crippen LogP contribution in [0.1, 0.15) is 44.2 Å². The molecule has 3 rings (SSSR count). The number of nitrogens with one attached hydrogen (secondary N) is 1. The van der Waals surface area contributed by atoms with Crippen LogP contribution >= 0.6 is 34.8 Å². The molecule has 7 nitrogen and oxygen atoms in total. The number of benzene rings is 3. The first-order valence-electron chi connectivity index (χ1n) is 13.7. The molecule has 1 unspecified atom stereocenters. The number of nitrogens with zero attached hydrogens (tertiary/aromatic N) is 2. The second-order valence-electron chi connectivity index (χ2n) is 9.83. The highest BCUT2D eigenvalue weighted by Gasteiger charge is 2.37. The number of anilines is 1. The van der Waals surface area contributed by atoms with Gasteiger partial charge in [-0.2, -0.15) is 13.2 Å². The maximum atomic E-state index is 14.1. The first-order chi connectivity index (χ1) is 20.7. The minimum atomic E-state index is -4.82. The fourth-order valence-corrected chi connectivity index (χ4v) is 6.41. The molecular weight excluding hydrogens is 662 g/mol. The zero-order valence-electron chi connectivity index (χ0n) is 23.9. The van der Waals surface area contributed by atoms with E-state index in [2.05, 4.69) is 5.32 Å². The van der Waals surface area contributed by atoms with E-state index in [0.29, 0.717) is 35.0 Å². The molecule has 0 aliphatic rings. The van der Waals surface area contributed by atoms with Crippen molar-refractivity contribution in [2.24, 2.45) is 0 Å². The summed E-state index contributed by atoms with van der Waals surface area (Å²) in [7, 11) is -4.63. The van der Waals surface area contributed by atoms with Gasteiger partial charge in [0, 0.05) is 13.1 Å². The first kappa shape index (κ1) is 35.5. The van der Waals surface area contributed by atoms with Gasteiger partial charge in [0.2, 0.25) is 11.8 Å². The summed E-state index contributed by atoms with van der Waals surface area (Å²) in [5, 5.41) is 2.92. The van der Waals surface area contributed by atoms with Crippen LogP contribution in [0.3, 0.4) is 0 Å². The van der Waals surface area contributed by atoms with Gasteiger partial charge in [0.25, 0.3) is 10.0 Å². The Labute approximate surface area is 269 Å². The van der Waals surface area contributed by atoms with Gasteiger partial charge in [-0.25, -0.2) is 8.42 Å². The lowest BCUT2D eigenvalue weighted by Gasteiger charge is -2.33. The molecular formula is C30H31Cl3F3N3O4S. The largest absolute Gasteiger partial charge is 0.416 e. The molecule has 0 aromatic heterocycles. The average Bonchev–Trinajstić information content (AvgIpc) is 2.98. The fourth-order valence-electron chi connectivity index (χ4n) is 4.37. The number of carbonyl (C=O) groups is 2. The van der Waals surface area contributed by atoms with Gasteiger partial charge in [0.05, 0.1) is 31.2 Å². The van der Waals surface area contributed by atoms with Gasteiger partial charge in [0.15, 0.2) is 0 Å². The zero-order valence-corrected chi connectivity index (χ0v) is 27.0. The number of hydrogen-bond donors (Lipinski definition) is 1. The number of carbonyl (C=O) groups excluding carboxylic acids is 2. The Hall–Kier alpha value is -2.99. The molecule has 3 aromatic carbocycles. The van der Waals surface area contributed by atoms with Crippen LogP contribution in [0, 0.1) is 0 Å². The number of sulfonamides is 1. The van der Waals surface area contributed by atoms with Gasteiger partial charge in [-0.05, 0) is 60.9 Å². The van der Waals surface area contributed by atoms with E-state index < -0.39 is 51.9 Å². The predicted molar refractivity (Wildman–Crippen MR) is 166 cm³/mol. The molecule has 2 amide bonds. The summed E-state index contributed by atoms with van der Waals surface area (Å²) in [6, 6.07) is 12.7. The summed E-state index contributed by atoms with van der Waals surface area (Å²) < 4.78 is 69.4. The molecule has 1 N–H and O–H groups in total. The van der Waals surface area contributed by atoms with E-state index in [1.165, 1.54) is 41.3 Å². The van der Waals surface area contributed by atoms with Crippen molar-refractivity contribution in [3.8, 4) is 0 Å². The molecule has 0 heterocycles. The Morgan fingerprint density at radius 3 is 2.16 bits per heavy atom. The highest BCUT2D eigenvalue weighted by molar-refractivity contribution is 7.92. The average molecular weight is 693 g/mol. The lowest BCUT2D eigenvalue weighted by atomic mass is 10.1. The van der Waals surface area contributed by atoms with Gasteiger partial charge in [-0.3, -0.25) is 13.9 Å². The Bertz CT molecular complexity index is 1570. The number of rotatable bonds is 13. The molecule has 0 aliphatic heterocycles. The topological polar surface area (TPSA) is 86.8 Å². The van der Waals surface area contributed by atoms with Crippen LogP contribution in [0.25, 0.3) is 0 Å². The van der Waals surface area contributed by atoms with Crippen molar-refractivity contribution in [1.29, 1.82) is 0 Å². The van der Waals surface area contributed by atoms with Crippen LogP contribution in [-0.4, -0.2) is 44.3 Å². The molecule has 0 radical (unpaired) electrons. The van der Waals surface area contributed by atoms with Gasteiger partial charge < -0.3 is 10.2 Å². The molecule has 238 valence electrons.